The summed E-state index contributed by atoms with van der Waals surface area (Å²) in [6.45, 7) is 3.77. The van der Waals surface area contributed by atoms with Gasteiger partial charge in [0.2, 0.25) is 17.7 Å². The third-order valence-electron chi connectivity index (χ3n) is 5.16. The molecule has 0 saturated heterocycles. The number of hydrogen-bond donors (Lipinski definition) is 2. The lowest BCUT2D eigenvalue weighted by Gasteiger charge is -2.30. The van der Waals surface area contributed by atoms with E-state index in [9.17, 15) is 18.0 Å². The molecule has 1 aromatic carbocycles. The SMILES string of the molecule is CC(=O)NC(C)(C(=O)NCc1ccnc(OCC2CC2)c1)c1ccc(S(C)(=O)=O)cc1. The van der Waals surface area contributed by atoms with E-state index >= 15 is 0 Å². The van der Waals surface area contributed by atoms with Crippen molar-refractivity contribution in [2.75, 3.05) is 12.9 Å². The van der Waals surface area contributed by atoms with Crippen LogP contribution in [-0.4, -0.2) is 38.1 Å². The van der Waals surface area contributed by atoms with Gasteiger partial charge < -0.3 is 15.4 Å². The molecule has 9 heteroatoms. The van der Waals surface area contributed by atoms with Gasteiger partial charge in [-0.3, -0.25) is 9.59 Å². The number of nitrogens with zero attached hydrogens (tertiary/aromatic N) is 1. The van der Waals surface area contributed by atoms with Crippen LogP contribution in [0.4, 0.5) is 0 Å². The summed E-state index contributed by atoms with van der Waals surface area (Å²) in [6, 6.07) is 9.46. The number of hydrogen-bond acceptors (Lipinski definition) is 6. The van der Waals surface area contributed by atoms with E-state index in [1.54, 1.807) is 25.3 Å². The molecule has 2 amide bonds. The first-order valence-electron chi connectivity index (χ1n) is 10.0. The van der Waals surface area contributed by atoms with Gasteiger partial charge in [-0.05, 0) is 55.0 Å². The summed E-state index contributed by atoms with van der Waals surface area (Å²) in [6.07, 6.45) is 5.10. The standard InChI is InChI=1S/C22H27N3O5S/c1-15(26)25-22(2,18-6-8-19(9-7-18)31(3,28)29)21(27)24-13-17-10-11-23-20(12-17)30-14-16-4-5-16/h6-12,16H,4-5,13-14H2,1-3H3,(H,24,27)(H,25,26). The highest BCUT2D eigenvalue weighted by atomic mass is 32.2. The average molecular weight is 446 g/mol. The number of rotatable bonds is 9. The fraction of sp³-hybridized carbons (Fsp3) is 0.409. The summed E-state index contributed by atoms with van der Waals surface area (Å²) in [7, 11) is -3.37. The van der Waals surface area contributed by atoms with Crippen molar-refractivity contribution in [2.45, 2.75) is 43.7 Å². The summed E-state index contributed by atoms with van der Waals surface area (Å²) in [4.78, 5) is 29.2. The number of ether oxygens (including phenoxy) is 1. The lowest BCUT2D eigenvalue weighted by Crippen LogP contribution is -2.53. The summed E-state index contributed by atoms with van der Waals surface area (Å²) in [5, 5.41) is 5.52. The highest BCUT2D eigenvalue weighted by Gasteiger charge is 2.36. The average Bonchev–Trinajstić information content (AvgIpc) is 3.54. The van der Waals surface area contributed by atoms with Crippen LogP contribution >= 0.6 is 0 Å². The van der Waals surface area contributed by atoms with Gasteiger partial charge in [0.15, 0.2) is 9.84 Å². The molecule has 31 heavy (non-hydrogen) atoms. The molecule has 1 unspecified atom stereocenters. The molecule has 1 atom stereocenters. The Balaban J connectivity index is 1.73. The van der Waals surface area contributed by atoms with Crippen molar-refractivity contribution in [2.24, 2.45) is 5.92 Å². The second-order valence-electron chi connectivity index (χ2n) is 8.04. The topological polar surface area (TPSA) is 114 Å². The minimum Gasteiger partial charge on any atom is -0.477 e. The number of carbonyl (C=O) groups excluding carboxylic acids is 2. The number of pyridine rings is 1. The van der Waals surface area contributed by atoms with Crippen molar-refractivity contribution >= 4 is 21.7 Å². The minimum absolute atomic E-state index is 0.136. The Morgan fingerprint density at radius 3 is 2.45 bits per heavy atom. The zero-order valence-electron chi connectivity index (χ0n) is 17.8. The van der Waals surface area contributed by atoms with Gasteiger partial charge in [0, 0.05) is 32.0 Å². The first-order valence-corrected chi connectivity index (χ1v) is 11.9. The Morgan fingerprint density at radius 2 is 1.87 bits per heavy atom. The normalized spacial score (nSPS) is 15.6. The van der Waals surface area contributed by atoms with Gasteiger partial charge in [0.05, 0.1) is 11.5 Å². The molecule has 0 bridgehead atoms. The Kier molecular flexibility index (Phi) is 6.64. The summed E-state index contributed by atoms with van der Waals surface area (Å²) >= 11 is 0. The molecule has 0 radical (unpaired) electrons. The van der Waals surface area contributed by atoms with Gasteiger partial charge in [-0.2, -0.15) is 0 Å². The van der Waals surface area contributed by atoms with E-state index in [1.165, 1.54) is 44.0 Å². The van der Waals surface area contributed by atoms with E-state index in [0.717, 1.165) is 11.8 Å². The summed E-state index contributed by atoms with van der Waals surface area (Å²) in [5.74, 6) is 0.314. The predicted octanol–water partition coefficient (Wildman–Crippen LogP) is 1.94. The van der Waals surface area contributed by atoms with Gasteiger partial charge >= 0.3 is 0 Å². The molecular formula is C22H27N3O5S. The van der Waals surface area contributed by atoms with Crippen LogP contribution in [0.5, 0.6) is 5.88 Å². The lowest BCUT2D eigenvalue weighted by molar-refractivity contribution is -0.132. The molecule has 1 fully saturated rings. The predicted molar refractivity (Wildman–Crippen MR) is 115 cm³/mol. The van der Waals surface area contributed by atoms with Crippen LogP contribution in [0.25, 0.3) is 0 Å². The van der Waals surface area contributed by atoms with Crippen LogP contribution in [0, 0.1) is 5.92 Å². The van der Waals surface area contributed by atoms with E-state index < -0.39 is 21.3 Å². The highest BCUT2D eigenvalue weighted by Crippen LogP contribution is 2.29. The molecule has 166 valence electrons. The molecule has 1 aliphatic rings. The van der Waals surface area contributed by atoms with Gasteiger partial charge in [-0.15, -0.1) is 0 Å². The molecule has 8 nitrogen and oxygen atoms in total. The van der Waals surface area contributed by atoms with Gasteiger partial charge in [0.25, 0.3) is 0 Å². The van der Waals surface area contributed by atoms with Crippen molar-refractivity contribution in [3.8, 4) is 5.88 Å². The van der Waals surface area contributed by atoms with Crippen LogP contribution in [0.3, 0.4) is 0 Å². The van der Waals surface area contributed by atoms with E-state index in [-0.39, 0.29) is 17.3 Å². The molecular weight excluding hydrogens is 418 g/mol. The second kappa shape index (κ2) is 9.05. The maximum Gasteiger partial charge on any atom is 0.250 e. The lowest BCUT2D eigenvalue weighted by atomic mass is 9.90. The number of nitrogens with one attached hydrogen (secondary N) is 2. The van der Waals surface area contributed by atoms with Gasteiger partial charge in [0.1, 0.15) is 5.54 Å². The highest BCUT2D eigenvalue weighted by molar-refractivity contribution is 7.90. The molecule has 1 heterocycles. The van der Waals surface area contributed by atoms with Crippen molar-refractivity contribution in [3.05, 3.63) is 53.7 Å². The first-order chi connectivity index (χ1) is 14.6. The Morgan fingerprint density at radius 1 is 1.19 bits per heavy atom. The molecule has 3 rings (SSSR count). The number of benzene rings is 1. The van der Waals surface area contributed by atoms with Crippen LogP contribution < -0.4 is 15.4 Å². The molecule has 1 aliphatic carbocycles. The van der Waals surface area contributed by atoms with Crippen LogP contribution in [0.15, 0.2) is 47.5 Å². The smallest absolute Gasteiger partial charge is 0.250 e. The minimum atomic E-state index is -3.37. The first kappa shape index (κ1) is 22.7. The van der Waals surface area contributed by atoms with Gasteiger partial charge in [-0.25, -0.2) is 13.4 Å². The molecule has 0 aliphatic heterocycles. The van der Waals surface area contributed by atoms with Crippen molar-refractivity contribution in [1.29, 1.82) is 0 Å². The quantitative estimate of drug-likeness (QED) is 0.610. The zero-order valence-corrected chi connectivity index (χ0v) is 18.7. The second-order valence-corrected chi connectivity index (χ2v) is 10.1. The third kappa shape index (κ3) is 6.04. The number of sulfone groups is 1. The maximum atomic E-state index is 13.1. The van der Waals surface area contributed by atoms with Crippen molar-refractivity contribution in [3.63, 3.8) is 0 Å². The zero-order chi connectivity index (χ0) is 22.6. The molecule has 0 spiro atoms. The van der Waals surface area contributed by atoms with Crippen molar-refractivity contribution in [1.82, 2.24) is 15.6 Å². The number of amides is 2. The van der Waals surface area contributed by atoms with Gasteiger partial charge in [-0.1, -0.05) is 12.1 Å². The number of aromatic nitrogens is 1. The Hall–Kier alpha value is -2.94. The van der Waals surface area contributed by atoms with E-state index in [0.29, 0.717) is 24.0 Å². The molecule has 2 N–H and O–H groups in total. The summed E-state index contributed by atoms with van der Waals surface area (Å²) in [5.41, 5.74) is -0.0947. The maximum absolute atomic E-state index is 13.1. The largest absolute Gasteiger partial charge is 0.477 e. The van der Waals surface area contributed by atoms with Crippen LogP contribution in [0.2, 0.25) is 0 Å². The van der Waals surface area contributed by atoms with Crippen molar-refractivity contribution < 1.29 is 22.7 Å². The Bertz CT molecular complexity index is 1060. The summed E-state index contributed by atoms with van der Waals surface area (Å²) < 4.78 is 29.1. The van der Waals surface area contributed by atoms with Crippen LogP contribution in [-0.2, 0) is 31.5 Å². The van der Waals surface area contributed by atoms with E-state index in [4.69, 9.17) is 4.74 Å². The molecule has 2 aromatic rings. The monoisotopic (exact) mass is 445 g/mol. The third-order valence-corrected chi connectivity index (χ3v) is 6.28. The fourth-order valence-electron chi connectivity index (χ4n) is 3.13. The van der Waals surface area contributed by atoms with Crippen LogP contribution in [0.1, 0.15) is 37.8 Å². The van der Waals surface area contributed by atoms with E-state index in [2.05, 4.69) is 15.6 Å². The Labute approximate surface area is 182 Å². The number of carbonyl (C=O) groups is 2. The fourth-order valence-corrected chi connectivity index (χ4v) is 3.76. The van der Waals surface area contributed by atoms with E-state index in [1.807, 2.05) is 0 Å². The molecule has 1 aromatic heterocycles. The molecule has 1 saturated carbocycles.